The van der Waals surface area contributed by atoms with Crippen LogP contribution < -0.4 is 9.44 Å². The summed E-state index contributed by atoms with van der Waals surface area (Å²) in [7, 11) is -0.380. The molecular formula is C24H30N4O4S2. The van der Waals surface area contributed by atoms with Gasteiger partial charge in [0, 0.05) is 13.1 Å². The van der Waals surface area contributed by atoms with Gasteiger partial charge < -0.3 is 9.80 Å². The summed E-state index contributed by atoms with van der Waals surface area (Å²) in [4.78, 5) is 4.02. The van der Waals surface area contributed by atoms with Gasteiger partial charge in [0.1, 0.15) is 0 Å². The van der Waals surface area contributed by atoms with Crippen LogP contribution in [-0.4, -0.2) is 54.8 Å². The molecule has 0 radical (unpaired) electrons. The Morgan fingerprint density at radius 3 is 1.59 bits per heavy atom. The van der Waals surface area contributed by atoms with E-state index in [0.29, 0.717) is 18.7 Å². The molecule has 0 aliphatic heterocycles. The van der Waals surface area contributed by atoms with Crippen LogP contribution in [0.25, 0.3) is 0 Å². The molecule has 0 aliphatic carbocycles. The Kier molecular flexibility index (Phi) is 7.98. The minimum Gasteiger partial charge on any atom is -0.305 e. The Bertz CT molecular complexity index is 1330. The molecule has 0 saturated heterocycles. The van der Waals surface area contributed by atoms with Crippen molar-refractivity contribution in [1.82, 2.24) is 9.80 Å². The van der Waals surface area contributed by atoms with Crippen molar-refractivity contribution >= 4 is 31.4 Å². The van der Waals surface area contributed by atoms with Crippen molar-refractivity contribution in [2.75, 3.05) is 37.6 Å². The first-order chi connectivity index (χ1) is 16.0. The Morgan fingerprint density at radius 1 is 0.647 bits per heavy atom. The number of hydrogen-bond acceptors (Lipinski definition) is 6. The highest BCUT2D eigenvalue weighted by Gasteiger charge is 2.23. The number of anilines is 2. The molecule has 0 fully saturated rings. The van der Waals surface area contributed by atoms with Gasteiger partial charge in [0.2, 0.25) is 0 Å². The minimum atomic E-state index is -3.96. The van der Waals surface area contributed by atoms with Gasteiger partial charge in [-0.05, 0) is 69.6 Å². The number of nitrogens with zero attached hydrogens (tertiary/aromatic N) is 2. The van der Waals surface area contributed by atoms with E-state index in [1.807, 2.05) is 44.1 Å². The molecule has 3 rings (SSSR count). The van der Waals surface area contributed by atoms with Gasteiger partial charge in [-0.25, -0.2) is 16.8 Å². The van der Waals surface area contributed by atoms with Crippen LogP contribution in [-0.2, 0) is 33.1 Å². The van der Waals surface area contributed by atoms with E-state index in [0.717, 1.165) is 5.56 Å². The van der Waals surface area contributed by atoms with Crippen LogP contribution in [0.1, 0.15) is 11.1 Å². The van der Waals surface area contributed by atoms with Gasteiger partial charge in [0.05, 0.1) is 21.2 Å². The molecule has 3 aromatic rings. The van der Waals surface area contributed by atoms with Crippen molar-refractivity contribution in [3.05, 3.63) is 83.9 Å². The maximum atomic E-state index is 13.2. The average molecular weight is 503 g/mol. The molecule has 0 aromatic heterocycles. The van der Waals surface area contributed by atoms with Crippen LogP contribution in [0.15, 0.2) is 82.6 Å². The van der Waals surface area contributed by atoms with E-state index in [-0.39, 0.29) is 21.2 Å². The summed E-state index contributed by atoms with van der Waals surface area (Å²) < 4.78 is 57.9. The molecule has 0 heterocycles. The third-order valence-electron chi connectivity index (χ3n) is 4.85. The first kappa shape index (κ1) is 25.7. The molecule has 0 spiro atoms. The van der Waals surface area contributed by atoms with E-state index in [4.69, 9.17) is 0 Å². The van der Waals surface area contributed by atoms with E-state index in [1.54, 1.807) is 42.5 Å². The quantitative estimate of drug-likeness (QED) is 0.441. The second kappa shape index (κ2) is 10.6. The molecule has 34 heavy (non-hydrogen) atoms. The van der Waals surface area contributed by atoms with Crippen LogP contribution in [0.3, 0.4) is 0 Å². The highest BCUT2D eigenvalue weighted by atomic mass is 32.2. The van der Waals surface area contributed by atoms with Crippen LogP contribution in [0.5, 0.6) is 0 Å². The molecule has 0 bridgehead atoms. The van der Waals surface area contributed by atoms with Crippen molar-refractivity contribution in [3.8, 4) is 0 Å². The number of rotatable bonds is 10. The Labute approximate surface area is 202 Å². The van der Waals surface area contributed by atoms with E-state index in [2.05, 4.69) is 9.44 Å². The lowest BCUT2D eigenvalue weighted by molar-refractivity contribution is 0.396. The summed E-state index contributed by atoms with van der Waals surface area (Å²) >= 11 is 0. The van der Waals surface area contributed by atoms with Gasteiger partial charge in [-0.3, -0.25) is 9.44 Å². The monoisotopic (exact) mass is 502 g/mol. The Morgan fingerprint density at radius 2 is 1.12 bits per heavy atom. The molecule has 0 unspecified atom stereocenters. The molecule has 0 aliphatic rings. The SMILES string of the molecule is CN(C)Cc1cc(CN(C)C)c(NS(=O)(=O)c2ccccc2)c(NS(=O)(=O)c2ccccc2)c1. The fraction of sp³-hybridized carbons (Fsp3) is 0.250. The molecule has 10 heteroatoms. The molecule has 8 nitrogen and oxygen atoms in total. The van der Waals surface area contributed by atoms with Crippen LogP contribution >= 0.6 is 0 Å². The summed E-state index contributed by atoms with van der Waals surface area (Å²) in [5, 5.41) is 0. The van der Waals surface area contributed by atoms with Crippen molar-refractivity contribution in [2.24, 2.45) is 0 Å². The zero-order valence-corrected chi connectivity index (χ0v) is 21.3. The number of hydrogen-bond donors (Lipinski definition) is 2. The highest BCUT2D eigenvalue weighted by molar-refractivity contribution is 7.93. The Hall–Kier alpha value is -2.92. The van der Waals surface area contributed by atoms with Crippen molar-refractivity contribution < 1.29 is 16.8 Å². The predicted molar refractivity (Wildman–Crippen MR) is 136 cm³/mol. The third kappa shape index (κ3) is 6.57. The van der Waals surface area contributed by atoms with E-state index >= 15 is 0 Å². The summed E-state index contributed by atoms with van der Waals surface area (Å²) in [6.07, 6.45) is 0. The lowest BCUT2D eigenvalue weighted by Gasteiger charge is -2.22. The fourth-order valence-corrected chi connectivity index (χ4v) is 5.71. The minimum absolute atomic E-state index is 0.0824. The van der Waals surface area contributed by atoms with Crippen molar-refractivity contribution in [2.45, 2.75) is 22.9 Å². The standard InChI is InChI=1S/C24H30N4O4S2/c1-27(2)17-19-15-20(18-28(3)4)24(26-34(31,32)22-13-9-6-10-14-22)23(16-19)25-33(29,30)21-11-7-5-8-12-21/h5-16,25-26H,17-18H2,1-4H3. The van der Waals surface area contributed by atoms with Crippen LogP contribution in [0, 0.1) is 0 Å². The second-order valence-corrected chi connectivity index (χ2v) is 11.9. The van der Waals surface area contributed by atoms with Gasteiger partial charge >= 0.3 is 0 Å². The summed E-state index contributed by atoms with van der Waals surface area (Å²) in [6, 6.07) is 19.5. The molecular weight excluding hydrogens is 472 g/mol. The van der Waals surface area contributed by atoms with Gasteiger partial charge in [-0.2, -0.15) is 0 Å². The van der Waals surface area contributed by atoms with Gasteiger partial charge in [-0.1, -0.05) is 42.5 Å². The second-order valence-electron chi connectivity index (χ2n) is 8.49. The fourth-order valence-electron chi connectivity index (χ4n) is 3.49. The molecule has 182 valence electrons. The lowest BCUT2D eigenvalue weighted by atomic mass is 10.1. The van der Waals surface area contributed by atoms with Gasteiger partial charge in [0.15, 0.2) is 0 Å². The molecule has 0 amide bonds. The molecule has 0 saturated carbocycles. The van der Waals surface area contributed by atoms with E-state index < -0.39 is 20.0 Å². The normalized spacial score (nSPS) is 12.2. The predicted octanol–water partition coefficient (Wildman–Crippen LogP) is 3.41. The topological polar surface area (TPSA) is 98.8 Å². The maximum Gasteiger partial charge on any atom is 0.261 e. The molecule has 0 atom stereocenters. The summed E-state index contributed by atoms with van der Waals surface area (Å²) in [5.74, 6) is 0. The smallest absolute Gasteiger partial charge is 0.261 e. The zero-order valence-electron chi connectivity index (χ0n) is 19.7. The zero-order chi connectivity index (χ0) is 24.9. The first-order valence-corrected chi connectivity index (χ1v) is 13.6. The lowest BCUT2D eigenvalue weighted by Crippen LogP contribution is -2.21. The summed E-state index contributed by atoms with van der Waals surface area (Å²) in [6.45, 7) is 0.945. The van der Waals surface area contributed by atoms with Crippen LogP contribution in [0.4, 0.5) is 11.4 Å². The van der Waals surface area contributed by atoms with E-state index in [1.165, 1.54) is 24.3 Å². The van der Waals surface area contributed by atoms with Gasteiger partial charge in [-0.15, -0.1) is 0 Å². The first-order valence-electron chi connectivity index (χ1n) is 10.6. The highest BCUT2D eigenvalue weighted by Crippen LogP contribution is 2.33. The van der Waals surface area contributed by atoms with E-state index in [9.17, 15) is 16.8 Å². The Balaban J connectivity index is 2.17. The molecule has 2 N–H and O–H groups in total. The largest absolute Gasteiger partial charge is 0.305 e. The number of benzene rings is 3. The van der Waals surface area contributed by atoms with Gasteiger partial charge in [0.25, 0.3) is 20.0 Å². The third-order valence-corrected chi connectivity index (χ3v) is 7.60. The number of sulfonamides is 2. The molecule has 3 aromatic carbocycles. The summed E-state index contributed by atoms with van der Waals surface area (Å²) in [5.41, 5.74) is 1.85. The van der Waals surface area contributed by atoms with Crippen LogP contribution in [0.2, 0.25) is 0 Å². The van der Waals surface area contributed by atoms with Crippen molar-refractivity contribution in [3.63, 3.8) is 0 Å². The average Bonchev–Trinajstić information content (AvgIpc) is 2.76. The van der Waals surface area contributed by atoms with Crippen molar-refractivity contribution in [1.29, 1.82) is 0 Å². The number of nitrogens with one attached hydrogen (secondary N) is 2. The maximum absolute atomic E-state index is 13.2.